The second kappa shape index (κ2) is 6.02. The lowest BCUT2D eigenvalue weighted by atomic mass is 10.1. The van der Waals surface area contributed by atoms with Gasteiger partial charge in [0.15, 0.2) is 8.88 Å². The highest BCUT2D eigenvalue weighted by Gasteiger charge is 2.22. The van der Waals surface area contributed by atoms with E-state index in [4.69, 9.17) is 0 Å². The first-order valence-electron chi connectivity index (χ1n) is 8.01. The van der Waals surface area contributed by atoms with Crippen LogP contribution in [-0.2, 0) is 0 Å². The molecule has 2 aromatic rings. The topological polar surface area (TPSA) is 6.48 Å². The van der Waals surface area contributed by atoms with Gasteiger partial charge in [0.25, 0.3) is 0 Å². The van der Waals surface area contributed by atoms with Crippen LogP contribution in [0.4, 0.5) is 11.4 Å². The largest absolute Gasteiger partial charge is 0.301 e. The highest BCUT2D eigenvalue weighted by Crippen LogP contribution is 2.44. The van der Waals surface area contributed by atoms with Gasteiger partial charge in [-0.25, -0.2) is 0 Å². The maximum absolute atomic E-state index is 2.32. The molecule has 2 nitrogen and oxygen atoms in total. The van der Waals surface area contributed by atoms with Crippen LogP contribution in [-0.4, -0.2) is 0 Å². The molecule has 0 aliphatic carbocycles. The number of anilines is 2. The van der Waals surface area contributed by atoms with Gasteiger partial charge in [0.2, 0.25) is 0 Å². The van der Waals surface area contributed by atoms with Crippen LogP contribution in [0.3, 0.4) is 0 Å². The van der Waals surface area contributed by atoms with Crippen LogP contribution < -0.4 is 9.34 Å². The van der Waals surface area contributed by atoms with Crippen molar-refractivity contribution in [2.75, 3.05) is 9.34 Å². The third-order valence-electron chi connectivity index (χ3n) is 4.27. The lowest BCUT2D eigenvalue weighted by molar-refractivity contribution is 1.27. The Balaban J connectivity index is 1.93. The number of hydrogen-bond donors (Lipinski definition) is 0. The first-order chi connectivity index (χ1) is 10.9. The molecular weight excluding hydrogens is 299 g/mol. The van der Waals surface area contributed by atoms with Crippen molar-refractivity contribution in [2.45, 2.75) is 41.5 Å². The van der Waals surface area contributed by atoms with E-state index in [0.29, 0.717) is 0 Å². The monoisotopic (exact) mass is 323 g/mol. The van der Waals surface area contributed by atoms with Gasteiger partial charge in [-0.3, -0.25) is 0 Å². The third kappa shape index (κ3) is 3.01. The van der Waals surface area contributed by atoms with Crippen LogP contribution in [0, 0.1) is 41.5 Å². The molecule has 0 unspecified atom stereocenters. The molecule has 0 saturated heterocycles. The predicted molar refractivity (Wildman–Crippen MR) is 102 cm³/mol. The van der Waals surface area contributed by atoms with Crippen molar-refractivity contribution in [1.29, 1.82) is 0 Å². The summed E-state index contributed by atoms with van der Waals surface area (Å²) in [6.45, 7) is 13.1. The van der Waals surface area contributed by atoms with Gasteiger partial charge in [-0.15, -0.1) is 0 Å². The van der Waals surface area contributed by atoms with Crippen LogP contribution in [0.5, 0.6) is 0 Å². The van der Waals surface area contributed by atoms with Crippen molar-refractivity contribution in [2.24, 2.45) is 0 Å². The third-order valence-corrected chi connectivity index (χ3v) is 5.32. The summed E-state index contributed by atoms with van der Waals surface area (Å²) in [4.78, 5) is 0. The van der Waals surface area contributed by atoms with Crippen LogP contribution in [0.25, 0.3) is 0 Å². The molecule has 1 radical (unpaired) electrons. The van der Waals surface area contributed by atoms with E-state index >= 15 is 0 Å². The Bertz CT molecular complexity index is 681. The first kappa shape index (κ1) is 16.1. The minimum absolute atomic E-state index is 1.16. The van der Waals surface area contributed by atoms with E-state index in [2.05, 4.69) is 87.5 Å². The van der Waals surface area contributed by atoms with E-state index in [-0.39, 0.29) is 0 Å². The van der Waals surface area contributed by atoms with Gasteiger partial charge < -0.3 is 9.34 Å². The molecule has 0 aromatic heterocycles. The molecule has 119 valence electrons. The second-order valence-electron chi connectivity index (χ2n) is 6.57. The van der Waals surface area contributed by atoms with Crippen molar-refractivity contribution in [1.82, 2.24) is 0 Å². The van der Waals surface area contributed by atoms with Crippen molar-refractivity contribution in [3.63, 3.8) is 0 Å². The van der Waals surface area contributed by atoms with Crippen LogP contribution in [0.2, 0.25) is 0 Å². The van der Waals surface area contributed by atoms with E-state index in [1.807, 2.05) is 0 Å². The Morgan fingerprint density at radius 3 is 1.17 bits per heavy atom. The molecule has 1 aliphatic rings. The fraction of sp³-hybridized carbons (Fsp3) is 0.300. The van der Waals surface area contributed by atoms with Gasteiger partial charge >= 0.3 is 0 Å². The van der Waals surface area contributed by atoms with Crippen molar-refractivity contribution in [3.05, 3.63) is 70.0 Å². The number of aryl methyl sites for hydroxylation is 6. The Kier molecular flexibility index (Phi) is 4.21. The summed E-state index contributed by atoms with van der Waals surface area (Å²) >= 11 is 0. The average molecular weight is 323 g/mol. The first-order valence-corrected chi connectivity index (χ1v) is 8.81. The summed E-state index contributed by atoms with van der Waals surface area (Å²) in [5.74, 6) is 0. The number of nitrogens with zero attached hydrogens (tertiary/aromatic N) is 2. The van der Waals surface area contributed by atoms with Crippen LogP contribution >= 0.6 is 8.88 Å². The Morgan fingerprint density at radius 2 is 0.870 bits per heavy atom. The molecule has 0 atom stereocenters. The van der Waals surface area contributed by atoms with Gasteiger partial charge in [-0.05, 0) is 63.8 Å². The van der Waals surface area contributed by atoms with Gasteiger partial charge in [0, 0.05) is 12.4 Å². The molecule has 3 rings (SSSR count). The van der Waals surface area contributed by atoms with Gasteiger partial charge in [-0.1, -0.05) is 35.4 Å². The minimum atomic E-state index is 1.16. The predicted octanol–water partition coefficient (Wildman–Crippen LogP) is 6.11. The van der Waals surface area contributed by atoms with E-state index in [1.54, 1.807) is 0 Å². The Hall–Kier alpha value is -1.79. The molecule has 0 amide bonds. The normalized spacial score (nSPS) is 14.0. The van der Waals surface area contributed by atoms with Crippen LogP contribution in [0.15, 0.2) is 36.7 Å². The van der Waals surface area contributed by atoms with Crippen molar-refractivity contribution in [3.8, 4) is 0 Å². The molecule has 2 aromatic carbocycles. The summed E-state index contributed by atoms with van der Waals surface area (Å²) < 4.78 is 4.64. The summed E-state index contributed by atoms with van der Waals surface area (Å²) in [7, 11) is 1.16. The molecule has 1 aliphatic heterocycles. The lowest BCUT2D eigenvalue weighted by Gasteiger charge is -2.25. The van der Waals surface area contributed by atoms with E-state index in [9.17, 15) is 0 Å². The minimum Gasteiger partial charge on any atom is -0.301 e. The molecule has 0 bridgehead atoms. The van der Waals surface area contributed by atoms with E-state index < -0.39 is 0 Å². The standard InChI is InChI=1S/C20H24N2P/c1-13-9-15(3)19(16(4)10-13)21-7-8-22(23-21)20-17(5)11-14(2)12-18(20)6/h7-12H,1-6H3. The second-order valence-corrected chi connectivity index (χ2v) is 7.61. The average Bonchev–Trinajstić information content (AvgIpc) is 2.85. The number of rotatable bonds is 2. The highest BCUT2D eigenvalue weighted by atomic mass is 31.1. The van der Waals surface area contributed by atoms with Crippen molar-refractivity contribution < 1.29 is 0 Å². The molecular formula is C20H24N2P. The summed E-state index contributed by atoms with van der Waals surface area (Å²) in [6, 6.07) is 9.04. The zero-order valence-corrected chi connectivity index (χ0v) is 15.7. The summed E-state index contributed by atoms with van der Waals surface area (Å²) in [6.07, 6.45) is 4.37. The van der Waals surface area contributed by atoms with Gasteiger partial charge in [-0.2, -0.15) is 0 Å². The molecule has 0 saturated carbocycles. The molecule has 0 N–H and O–H groups in total. The number of benzene rings is 2. The molecule has 0 spiro atoms. The van der Waals surface area contributed by atoms with E-state index in [0.717, 1.165) is 8.88 Å². The van der Waals surface area contributed by atoms with Gasteiger partial charge in [0.1, 0.15) is 0 Å². The Morgan fingerprint density at radius 1 is 0.565 bits per heavy atom. The number of hydrogen-bond acceptors (Lipinski definition) is 2. The maximum atomic E-state index is 2.32. The molecule has 1 heterocycles. The van der Waals surface area contributed by atoms with Crippen molar-refractivity contribution >= 4 is 20.3 Å². The lowest BCUT2D eigenvalue weighted by Crippen LogP contribution is -2.10. The van der Waals surface area contributed by atoms with E-state index in [1.165, 1.54) is 44.8 Å². The maximum Gasteiger partial charge on any atom is 0.175 e. The smallest absolute Gasteiger partial charge is 0.175 e. The highest BCUT2D eigenvalue weighted by molar-refractivity contribution is 7.43. The fourth-order valence-corrected chi connectivity index (χ4v) is 4.85. The SMILES string of the molecule is Cc1cc(C)c(N2C=CN(c3c(C)cc(C)cc3C)[P]2)c(C)c1. The summed E-state index contributed by atoms with van der Waals surface area (Å²) in [5.41, 5.74) is 10.6. The Labute approximate surface area is 141 Å². The zero-order valence-electron chi connectivity index (χ0n) is 14.8. The zero-order chi connectivity index (χ0) is 16.7. The molecule has 0 fully saturated rings. The van der Waals surface area contributed by atoms with Crippen LogP contribution in [0.1, 0.15) is 33.4 Å². The quantitative estimate of drug-likeness (QED) is 0.615. The fourth-order valence-electron chi connectivity index (χ4n) is 3.60. The van der Waals surface area contributed by atoms with Gasteiger partial charge in [0.05, 0.1) is 11.4 Å². The summed E-state index contributed by atoms with van der Waals surface area (Å²) in [5, 5.41) is 0. The molecule has 23 heavy (non-hydrogen) atoms. The molecule has 3 heteroatoms.